The molecule has 1 aromatic rings. The maximum absolute atomic E-state index is 9.91. The normalized spacial score (nSPS) is 21.2. The number of benzene rings is 1. The van der Waals surface area contributed by atoms with Crippen LogP contribution in [0.4, 0.5) is 0 Å². The van der Waals surface area contributed by atoms with E-state index in [1.807, 2.05) is 37.3 Å². The van der Waals surface area contributed by atoms with Gasteiger partial charge in [0.1, 0.15) is 0 Å². The van der Waals surface area contributed by atoms with Gasteiger partial charge in [-0.15, -0.1) is 0 Å². The highest BCUT2D eigenvalue weighted by Gasteiger charge is 2.28. The van der Waals surface area contributed by atoms with Crippen molar-refractivity contribution in [1.82, 2.24) is 4.90 Å². The summed E-state index contributed by atoms with van der Waals surface area (Å²) in [4.78, 5) is 2.28. The van der Waals surface area contributed by atoms with Crippen molar-refractivity contribution < 1.29 is 5.11 Å². The molecule has 0 spiro atoms. The molecule has 0 bridgehead atoms. The van der Waals surface area contributed by atoms with Gasteiger partial charge in [0.2, 0.25) is 0 Å². The molecule has 3 heteroatoms. The second-order valence-corrected chi connectivity index (χ2v) is 5.39. The van der Waals surface area contributed by atoms with Crippen molar-refractivity contribution in [3.05, 3.63) is 35.9 Å². The molecule has 1 heterocycles. The molecule has 0 aliphatic carbocycles. The third-order valence-corrected chi connectivity index (χ3v) is 3.73. The fourth-order valence-corrected chi connectivity index (χ4v) is 2.38. The zero-order valence-corrected chi connectivity index (χ0v) is 10.8. The van der Waals surface area contributed by atoms with E-state index < -0.39 is 5.60 Å². The summed E-state index contributed by atoms with van der Waals surface area (Å²) in [6, 6.07) is 12.3. The molecule has 1 aliphatic heterocycles. The largest absolute Gasteiger partial charge is 0.390 e. The van der Waals surface area contributed by atoms with Gasteiger partial charge in [-0.25, -0.2) is 0 Å². The average molecular weight is 244 g/mol. The van der Waals surface area contributed by atoms with Crippen LogP contribution >= 0.6 is 0 Å². The molecule has 0 aromatic heterocycles. The molecule has 18 heavy (non-hydrogen) atoms. The minimum absolute atomic E-state index is 0.0748. The third-order valence-electron chi connectivity index (χ3n) is 3.73. The molecule has 1 atom stereocenters. The van der Waals surface area contributed by atoms with Crippen LogP contribution in [0.25, 0.3) is 0 Å². The van der Waals surface area contributed by atoms with E-state index in [-0.39, 0.29) is 5.92 Å². The van der Waals surface area contributed by atoms with Crippen molar-refractivity contribution >= 4 is 0 Å². The number of nitriles is 1. The first-order valence-electron chi connectivity index (χ1n) is 6.50. The minimum Gasteiger partial charge on any atom is -0.390 e. The Morgan fingerprint density at radius 1 is 1.33 bits per heavy atom. The van der Waals surface area contributed by atoms with Crippen molar-refractivity contribution in [1.29, 1.82) is 5.26 Å². The Kier molecular flexibility index (Phi) is 4.00. The van der Waals surface area contributed by atoms with Gasteiger partial charge in [-0.05, 0) is 25.3 Å². The molecule has 1 saturated heterocycles. The summed E-state index contributed by atoms with van der Waals surface area (Å²) in [7, 11) is 0. The molecule has 0 amide bonds. The average Bonchev–Trinajstić information content (AvgIpc) is 2.39. The Hall–Kier alpha value is -1.37. The predicted molar refractivity (Wildman–Crippen MR) is 71.1 cm³/mol. The minimum atomic E-state index is -0.522. The standard InChI is InChI=1S/C15H20N2O/c1-15(18)7-9-17(10-8-15)12-14(11-16)13-5-3-2-4-6-13/h2-6,14,18H,7-10,12H2,1H3. The third kappa shape index (κ3) is 3.32. The molecule has 0 saturated carbocycles. The fourth-order valence-electron chi connectivity index (χ4n) is 2.38. The van der Waals surface area contributed by atoms with Crippen molar-refractivity contribution in [2.24, 2.45) is 0 Å². The first kappa shape index (κ1) is 13.1. The second kappa shape index (κ2) is 5.51. The van der Waals surface area contributed by atoms with Crippen molar-refractivity contribution in [3.63, 3.8) is 0 Å². The summed E-state index contributed by atoms with van der Waals surface area (Å²) in [5, 5.41) is 19.2. The van der Waals surface area contributed by atoms with E-state index >= 15 is 0 Å². The van der Waals surface area contributed by atoms with Gasteiger partial charge in [0.25, 0.3) is 0 Å². The van der Waals surface area contributed by atoms with E-state index in [0.29, 0.717) is 0 Å². The molecular weight excluding hydrogens is 224 g/mol. The topological polar surface area (TPSA) is 47.3 Å². The van der Waals surface area contributed by atoms with E-state index in [0.717, 1.165) is 38.0 Å². The molecule has 96 valence electrons. The van der Waals surface area contributed by atoms with Crippen LogP contribution in [0, 0.1) is 11.3 Å². The summed E-state index contributed by atoms with van der Waals surface area (Å²) in [6.45, 7) is 4.40. The first-order valence-corrected chi connectivity index (χ1v) is 6.50. The number of hydrogen-bond acceptors (Lipinski definition) is 3. The molecule has 3 nitrogen and oxygen atoms in total. The van der Waals surface area contributed by atoms with Gasteiger partial charge in [0.05, 0.1) is 17.6 Å². The van der Waals surface area contributed by atoms with Crippen molar-refractivity contribution in [3.8, 4) is 6.07 Å². The van der Waals surface area contributed by atoms with E-state index in [1.165, 1.54) is 0 Å². The lowest BCUT2D eigenvalue weighted by atomic mass is 9.92. The van der Waals surface area contributed by atoms with Crippen molar-refractivity contribution in [2.45, 2.75) is 31.3 Å². The van der Waals surface area contributed by atoms with Gasteiger partial charge in [0, 0.05) is 19.6 Å². The monoisotopic (exact) mass is 244 g/mol. The lowest BCUT2D eigenvalue weighted by Gasteiger charge is -2.36. The second-order valence-electron chi connectivity index (χ2n) is 5.39. The lowest BCUT2D eigenvalue weighted by Crippen LogP contribution is -2.43. The van der Waals surface area contributed by atoms with E-state index in [9.17, 15) is 10.4 Å². The smallest absolute Gasteiger partial charge is 0.0839 e. The lowest BCUT2D eigenvalue weighted by molar-refractivity contribution is -0.00562. The summed E-state index contributed by atoms with van der Waals surface area (Å²) >= 11 is 0. The van der Waals surface area contributed by atoms with Crippen LogP contribution in [-0.2, 0) is 0 Å². The summed E-state index contributed by atoms with van der Waals surface area (Å²) in [5.74, 6) is -0.0748. The van der Waals surface area contributed by atoms with Crippen LogP contribution in [0.5, 0.6) is 0 Å². The van der Waals surface area contributed by atoms with E-state index in [1.54, 1.807) is 0 Å². The van der Waals surface area contributed by atoms with Gasteiger partial charge in [-0.3, -0.25) is 0 Å². The fraction of sp³-hybridized carbons (Fsp3) is 0.533. The van der Waals surface area contributed by atoms with Crippen LogP contribution in [0.1, 0.15) is 31.2 Å². The summed E-state index contributed by atoms with van der Waals surface area (Å²) in [5.41, 5.74) is 0.558. The van der Waals surface area contributed by atoms with Crippen LogP contribution in [0.2, 0.25) is 0 Å². The molecule has 1 aliphatic rings. The Morgan fingerprint density at radius 2 is 1.94 bits per heavy atom. The van der Waals surface area contributed by atoms with Gasteiger partial charge in [-0.1, -0.05) is 30.3 Å². The Morgan fingerprint density at radius 3 is 2.50 bits per heavy atom. The van der Waals surface area contributed by atoms with Crippen molar-refractivity contribution in [2.75, 3.05) is 19.6 Å². The number of rotatable bonds is 3. The van der Waals surface area contributed by atoms with Gasteiger partial charge in [0.15, 0.2) is 0 Å². The molecule has 2 rings (SSSR count). The number of nitrogens with zero attached hydrogens (tertiary/aromatic N) is 2. The zero-order valence-electron chi connectivity index (χ0n) is 10.8. The zero-order chi connectivity index (χ0) is 13.0. The van der Waals surface area contributed by atoms with E-state index in [2.05, 4.69) is 11.0 Å². The summed E-state index contributed by atoms with van der Waals surface area (Å²) in [6.07, 6.45) is 1.58. The van der Waals surface area contributed by atoms with Crippen LogP contribution < -0.4 is 0 Å². The highest BCUT2D eigenvalue weighted by molar-refractivity contribution is 5.25. The highest BCUT2D eigenvalue weighted by atomic mass is 16.3. The Bertz CT molecular complexity index is 412. The first-order chi connectivity index (χ1) is 8.61. The molecule has 1 N–H and O–H groups in total. The van der Waals surface area contributed by atoms with E-state index in [4.69, 9.17) is 0 Å². The van der Waals surface area contributed by atoms with Gasteiger partial charge >= 0.3 is 0 Å². The number of aliphatic hydroxyl groups is 1. The Labute approximate surface area is 109 Å². The Balaban J connectivity index is 1.95. The maximum atomic E-state index is 9.91. The number of likely N-dealkylation sites (tertiary alicyclic amines) is 1. The SMILES string of the molecule is CC1(O)CCN(CC(C#N)c2ccccc2)CC1. The molecular formula is C15H20N2O. The van der Waals surface area contributed by atoms with Crippen LogP contribution in [0.15, 0.2) is 30.3 Å². The molecule has 1 fully saturated rings. The van der Waals surface area contributed by atoms with Crippen LogP contribution in [0.3, 0.4) is 0 Å². The highest BCUT2D eigenvalue weighted by Crippen LogP contribution is 2.24. The molecule has 0 radical (unpaired) electrons. The van der Waals surface area contributed by atoms with Crippen LogP contribution in [-0.4, -0.2) is 35.2 Å². The molecule has 1 unspecified atom stereocenters. The predicted octanol–water partition coefficient (Wildman–Crippen LogP) is 2.14. The number of hydrogen-bond donors (Lipinski definition) is 1. The molecule has 1 aromatic carbocycles. The number of piperidine rings is 1. The maximum Gasteiger partial charge on any atom is 0.0839 e. The van der Waals surface area contributed by atoms with Gasteiger partial charge in [-0.2, -0.15) is 5.26 Å². The quantitative estimate of drug-likeness (QED) is 0.886. The summed E-state index contributed by atoms with van der Waals surface area (Å²) < 4.78 is 0. The van der Waals surface area contributed by atoms with Gasteiger partial charge < -0.3 is 10.0 Å².